The lowest BCUT2D eigenvalue weighted by molar-refractivity contribution is -0.789. The molecule has 0 radical (unpaired) electrons. The van der Waals surface area contributed by atoms with E-state index in [4.69, 9.17) is 37.8 Å². The van der Waals surface area contributed by atoms with Crippen molar-refractivity contribution in [3.63, 3.8) is 0 Å². The third kappa shape index (κ3) is 12.0. The predicted molar refractivity (Wildman–Crippen MR) is 244 cm³/mol. The summed E-state index contributed by atoms with van der Waals surface area (Å²) in [4.78, 5) is 70.7. The largest absolute Gasteiger partial charge is 0.508 e. The van der Waals surface area contributed by atoms with Gasteiger partial charge in [-0.1, -0.05) is 63.8 Å². The Kier molecular flexibility index (Phi) is 15.3. The van der Waals surface area contributed by atoms with Crippen molar-refractivity contribution >= 4 is 111 Å². The fourth-order valence-electron chi connectivity index (χ4n) is 6.20. The average molecular weight is 995 g/mol. The fraction of sp³-hybridized carbons (Fsp3) is 0.205. The quantitative estimate of drug-likeness (QED) is 0.0340. The highest BCUT2D eigenvalue weighted by Crippen LogP contribution is 3.04. The number of allylic oxidation sites excluding steroid dienone is 2. The van der Waals surface area contributed by atoms with Crippen molar-refractivity contribution in [2.45, 2.75) is 36.9 Å². The first-order valence-corrected chi connectivity index (χ1v) is 29.4. The number of aromatic hydroxyl groups is 1. The lowest BCUT2D eigenvalue weighted by atomic mass is 10.0. The van der Waals surface area contributed by atoms with E-state index < -0.39 is 91.8 Å². The summed E-state index contributed by atoms with van der Waals surface area (Å²) in [6.07, 6.45) is -1.71. The molecule has 1 N–H and O–H groups in total. The number of nitrogens with zero attached hydrogens (tertiary/aromatic N) is 2. The maximum Gasteiger partial charge on any atom is 0.356 e. The molecule has 0 aromatic heterocycles. The van der Waals surface area contributed by atoms with E-state index in [0.29, 0.717) is 32.7 Å². The Morgan fingerprint density at radius 2 is 1.49 bits per heavy atom. The zero-order valence-corrected chi connectivity index (χ0v) is 38.6. The lowest BCUT2D eigenvalue weighted by Crippen LogP contribution is -2.37. The molecule has 2 aliphatic rings. The number of hydrogen-bond acceptors (Lipinski definition) is 18. The first-order valence-electron chi connectivity index (χ1n) is 18.2. The molecule has 63 heavy (non-hydrogen) atoms. The Balaban J connectivity index is 1.20. The number of phenols is 1. The van der Waals surface area contributed by atoms with E-state index >= 15 is 0 Å². The Morgan fingerprint density at radius 3 is 2.08 bits per heavy atom. The molecule has 1 fully saturated rings. The van der Waals surface area contributed by atoms with Gasteiger partial charge in [0.25, 0.3) is 10.2 Å². The van der Waals surface area contributed by atoms with E-state index in [-0.39, 0.29) is 11.5 Å². The van der Waals surface area contributed by atoms with Gasteiger partial charge < -0.3 is 29.0 Å². The van der Waals surface area contributed by atoms with Crippen molar-refractivity contribution in [1.29, 1.82) is 0 Å². The second-order valence-corrected chi connectivity index (χ2v) is 36.1. The summed E-state index contributed by atoms with van der Waals surface area (Å²) < 4.78 is 38.5. The van der Waals surface area contributed by atoms with Gasteiger partial charge in [0, 0.05) is 32.6 Å². The second-order valence-electron chi connectivity index (χ2n) is 13.5. The number of fused-ring (bicyclic) bond motifs is 1. The van der Waals surface area contributed by atoms with Crippen molar-refractivity contribution < 1.29 is 62.1 Å². The molecule has 330 valence electrons. The third-order valence-electron chi connectivity index (χ3n) is 9.19. The average Bonchev–Trinajstić information content (AvgIpc) is 3.46. The van der Waals surface area contributed by atoms with Crippen molar-refractivity contribution in [1.82, 2.24) is 0 Å². The molecule has 6 rings (SSSR count). The molecule has 1 aliphatic heterocycles. The van der Waals surface area contributed by atoms with Crippen LogP contribution in [0.25, 0.3) is 17.2 Å². The summed E-state index contributed by atoms with van der Waals surface area (Å²) in [5, 5.41) is 30.4. The predicted octanol–water partition coefficient (Wildman–Crippen LogP) is 7.27. The van der Waals surface area contributed by atoms with Crippen LogP contribution in [0.4, 0.5) is 4.39 Å². The van der Waals surface area contributed by atoms with E-state index in [0.717, 1.165) is 16.2 Å². The Morgan fingerprint density at radius 1 is 0.873 bits per heavy atom. The van der Waals surface area contributed by atoms with Crippen molar-refractivity contribution in [2.75, 3.05) is 19.5 Å². The van der Waals surface area contributed by atoms with E-state index in [9.17, 15) is 48.3 Å². The molecule has 4 aromatic rings. The standard InChI is InChI=1S/C39H33FN2O14P2S5/c1-23-33(17-24-3-14-31(15-4-24)63(2)51)32-16-5-25(40)18-35(32)34(23)20-38(45)55-36(22-52-37(44)19-28(56-42(49)50)21-53-41(47)48)39(46)54-27-8-12-30(13-9-27)58(60)61-57(59,62-58)29-10-6-26(43)7-11-29/h3-18,28,36,43H,19-22H2,1-2H3/b33-17-. The van der Waals surface area contributed by atoms with Gasteiger partial charge in [-0.05, 0) is 119 Å². The van der Waals surface area contributed by atoms with Crippen LogP contribution in [0.2, 0.25) is 0 Å². The molecule has 0 amide bonds. The van der Waals surface area contributed by atoms with Crippen molar-refractivity contribution in [3.05, 3.63) is 139 Å². The third-order valence-corrected chi connectivity index (χ3v) is 41.4. The monoisotopic (exact) mass is 994 g/mol. The van der Waals surface area contributed by atoms with Gasteiger partial charge in [0.2, 0.25) is 6.10 Å². The highest BCUT2D eigenvalue weighted by molar-refractivity contribution is 9.48. The molecule has 24 heteroatoms. The number of halogens is 1. The number of ether oxygens (including phenoxy) is 3. The fourth-order valence-corrected chi connectivity index (χ4v) is 49.0. The van der Waals surface area contributed by atoms with Crippen LogP contribution >= 0.6 is 30.9 Å². The molecule has 0 saturated carbocycles. The summed E-state index contributed by atoms with van der Waals surface area (Å²) in [6, 6.07) is 24.1. The minimum atomic E-state index is -2.23. The first kappa shape index (κ1) is 47.5. The van der Waals surface area contributed by atoms with Gasteiger partial charge in [-0.25, -0.2) is 9.18 Å². The zero-order chi connectivity index (χ0) is 45.6. The molecular weight excluding hydrogens is 962 g/mol. The van der Waals surface area contributed by atoms with Gasteiger partial charge in [0.05, 0.1) is 21.7 Å². The van der Waals surface area contributed by atoms with Crippen LogP contribution in [-0.2, 0) is 67.9 Å². The molecule has 3 unspecified atom stereocenters. The van der Waals surface area contributed by atoms with Gasteiger partial charge >= 0.3 is 17.9 Å². The van der Waals surface area contributed by atoms with Gasteiger partial charge in [-0.15, -0.1) is 20.2 Å². The van der Waals surface area contributed by atoms with Crippen LogP contribution in [0.1, 0.15) is 36.5 Å². The van der Waals surface area contributed by atoms with Gasteiger partial charge in [0.15, 0.2) is 0 Å². The summed E-state index contributed by atoms with van der Waals surface area (Å²) in [5.74, 6) is -3.87. The van der Waals surface area contributed by atoms with Gasteiger partial charge in [-0.2, -0.15) is 0 Å². The van der Waals surface area contributed by atoms with Crippen LogP contribution in [0.3, 0.4) is 0 Å². The van der Waals surface area contributed by atoms with E-state index in [2.05, 4.69) is 9.68 Å². The number of carbonyl (C=O) groups excluding carboxylic acids is 3. The van der Waals surface area contributed by atoms with Crippen molar-refractivity contribution in [3.8, 4) is 11.5 Å². The number of hydrogen-bond donors (Lipinski definition) is 1. The van der Waals surface area contributed by atoms with Crippen LogP contribution < -0.4 is 15.3 Å². The molecular formula is C39H33FN2O14P2S5. The number of phenolic OH excluding ortho intramolecular Hbond substituents is 1. The molecule has 0 spiro atoms. The number of benzene rings is 4. The maximum atomic E-state index is 14.6. The van der Waals surface area contributed by atoms with E-state index in [1.807, 2.05) is 6.08 Å². The van der Waals surface area contributed by atoms with Gasteiger partial charge in [0.1, 0.15) is 36.6 Å². The number of rotatable bonds is 18. The van der Waals surface area contributed by atoms with E-state index in [1.54, 1.807) is 102 Å². The molecule has 0 bridgehead atoms. The smallest absolute Gasteiger partial charge is 0.356 e. The molecule has 4 aromatic carbocycles. The number of carbonyl (C=O) groups is 3. The van der Waals surface area contributed by atoms with Crippen LogP contribution in [0.15, 0.2) is 101 Å². The molecule has 1 heterocycles. The summed E-state index contributed by atoms with van der Waals surface area (Å²) in [5.41, 5.74) is 3.39. The molecule has 16 nitrogen and oxygen atoms in total. The van der Waals surface area contributed by atoms with Crippen molar-refractivity contribution in [2.24, 2.45) is 0 Å². The molecule has 1 aliphatic carbocycles. The highest BCUT2D eigenvalue weighted by Gasteiger charge is 2.46. The Labute approximate surface area is 378 Å². The lowest BCUT2D eigenvalue weighted by Gasteiger charge is -2.40. The highest BCUT2D eigenvalue weighted by atomic mass is 33.7. The van der Waals surface area contributed by atoms with Crippen LogP contribution in [0, 0.1) is 26.0 Å². The normalized spacial score (nSPS) is 19.8. The van der Waals surface area contributed by atoms with Crippen LogP contribution in [-0.4, -0.2) is 69.1 Å². The minimum absolute atomic E-state index is 0.00864. The molecule has 3 atom stereocenters. The summed E-state index contributed by atoms with van der Waals surface area (Å²) >= 11 is 15.0. The minimum Gasteiger partial charge on any atom is -0.508 e. The van der Waals surface area contributed by atoms with Crippen LogP contribution in [0.5, 0.6) is 11.5 Å². The Bertz CT molecular complexity index is 2650. The SMILES string of the molecule is CC1=C(CC(=O)OC(COC(=O)CC(CO[N+](=O)[O-])O[N+](=O)[O-])C(=O)Oc2ccc(P3(=S)SP(=S)(c4ccc(O)cc4)S3)cc2)c2cc(F)ccc2/C1=C\c1ccc(S(C)=O)cc1. The topological polar surface area (TPSA) is 221 Å². The first-order chi connectivity index (χ1) is 29.8. The summed E-state index contributed by atoms with van der Waals surface area (Å²) in [7, 11) is -1.20. The Hall–Kier alpha value is -4.95. The number of esters is 3. The maximum absolute atomic E-state index is 14.6. The molecule has 1 saturated heterocycles. The second kappa shape index (κ2) is 20.3. The zero-order valence-electron chi connectivity index (χ0n) is 32.7. The summed E-state index contributed by atoms with van der Waals surface area (Å²) in [6.45, 7) is -0.231. The van der Waals surface area contributed by atoms with Gasteiger partial charge in [-0.3, -0.25) is 13.8 Å². The van der Waals surface area contributed by atoms with E-state index in [1.165, 1.54) is 24.3 Å².